The summed E-state index contributed by atoms with van der Waals surface area (Å²) in [6, 6.07) is 9.81. The summed E-state index contributed by atoms with van der Waals surface area (Å²) in [7, 11) is 1.95. The van der Waals surface area contributed by atoms with Gasteiger partial charge >= 0.3 is 0 Å². The van der Waals surface area contributed by atoms with E-state index >= 15 is 0 Å². The first-order valence-electron chi connectivity index (χ1n) is 7.65. The number of rotatable bonds is 6. The van der Waals surface area contributed by atoms with Gasteiger partial charge in [0.1, 0.15) is 0 Å². The zero-order chi connectivity index (χ0) is 15.4. The van der Waals surface area contributed by atoms with Crippen molar-refractivity contribution in [2.45, 2.75) is 27.2 Å². The van der Waals surface area contributed by atoms with E-state index in [0.29, 0.717) is 0 Å². The number of benzene rings is 1. The minimum absolute atomic E-state index is 0.105. The van der Waals surface area contributed by atoms with Gasteiger partial charge in [-0.3, -0.25) is 9.48 Å². The molecule has 1 aromatic heterocycles. The van der Waals surface area contributed by atoms with E-state index < -0.39 is 0 Å². The number of para-hydroxylation sites is 1. The second-order valence-corrected chi connectivity index (χ2v) is 5.32. The summed E-state index contributed by atoms with van der Waals surface area (Å²) in [4.78, 5) is 15.1. The summed E-state index contributed by atoms with van der Waals surface area (Å²) < 4.78 is 3.71. The molecule has 2 aromatic rings. The Morgan fingerprint density at radius 1 is 1.10 bits per heavy atom. The van der Waals surface area contributed by atoms with E-state index in [4.69, 9.17) is 0 Å². The van der Waals surface area contributed by atoms with Gasteiger partial charge in [0.2, 0.25) is 0 Å². The highest BCUT2D eigenvalue weighted by molar-refractivity contribution is 5.33. The normalized spacial score (nSPS) is 11.3. The summed E-state index contributed by atoms with van der Waals surface area (Å²) >= 11 is 0. The molecule has 0 atom stereocenters. The Bertz CT molecular complexity index is 636. The fraction of sp³-hybridized carbons (Fsp3) is 0.471. The Labute approximate surface area is 126 Å². The van der Waals surface area contributed by atoms with Crippen LogP contribution in [-0.4, -0.2) is 33.9 Å². The number of hydrogen-bond acceptors (Lipinski definition) is 2. The SMILES string of the molecule is CCN(CC)CCc1c(C)n(C)n(-c2ccccc2)c1=O. The summed E-state index contributed by atoms with van der Waals surface area (Å²) in [5.41, 5.74) is 3.00. The smallest absolute Gasteiger partial charge is 0.274 e. The molecular weight excluding hydrogens is 262 g/mol. The lowest BCUT2D eigenvalue weighted by atomic mass is 10.2. The van der Waals surface area contributed by atoms with Crippen LogP contribution in [0.15, 0.2) is 35.1 Å². The first-order chi connectivity index (χ1) is 10.1. The molecule has 114 valence electrons. The monoisotopic (exact) mass is 287 g/mol. The van der Waals surface area contributed by atoms with Gasteiger partial charge in [0.25, 0.3) is 5.56 Å². The third-order valence-corrected chi connectivity index (χ3v) is 4.25. The van der Waals surface area contributed by atoms with Crippen molar-refractivity contribution in [2.24, 2.45) is 7.05 Å². The zero-order valence-corrected chi connectivity index (χ0v) is 13.5. The first-order valence-corrected chi connectivity index (χ1v) is 7.65. The molecule has 0 bridgehead atoms. The second kappa shape index (κ2) is 6.76. The lowest BCUT2D eigenvalue weighted by Gasteiger charge is -2.17. The molecule has 0 aliphatic rings. The predicted octanol–water partition coefficient (Wildman–Crippen LogP) is 2.37. The molecular formula is C17H25N3O. The molecule has 1 aromatic carbocycles. The molecule has 21 heavy (non-hydrogen) atoms. The minimum Gasteiger partial charge on any atom is -0.304 e. The van der Waals surface area contributed by atoms with Crippen LogP contribution in [0.5, 0.6) is 0 Å². The maximum Gasteiger partial charge on any atom is 0.274 e. The number of hydrogen-bond donors (Lipinski definition) is 0. The molecule has 0 saturated heterocycles. The van der Waals surface area contributed by atoms with Gasteiger partial charge in [0.05, 0.1) is 5.69 Å². The molecule has 0 aliphatic heterocycles. The van der Waals surface area contributed by atoms with Crippen LogP contribution in [-0.2, 0) is 13.5 Å². The Kier molecular flexibility index (Phi) is 5.02. The standard InChI is InChI=1S/C17H25N3O/c1-5-19(6-2)13-12-16-14(3)18(4)20(17(16)21)15-10-8-7-9-11-15/h7-11H,5-6,12-13H2,1-4H3. The molecule has 0 amide bonds. The van der Waals surface area contributed by atoms with Crippen LogP contribution in [0.25, 0.3) is 5.69 Å². The van der Waals surface area contributed by atoms with Crippen LogP contribution in [0.1, 0.15) is 25.1 Å². The summed E-state index contributed by atoms with van der Waals surface area (Å²) in [6.07, 6.45) is 0.806. The van der Waals surface area contributed by atoms with Crippen LogP contribution in [0, 0.1) is 6.92 Å². The minimum atomic E-state index is 0.105. The lowest BCUT2D eigenvalue weighted by molar-refractivity contribution is 0.307. The van der Waals surface area contributed by atoms with Gasteiger partial charge in [0, 0.05) is 24.8 Å². The zero-order valence-electron chi connectivity index (χ0n) is 13.5. The van der Waals surface area contributed by atoms with E-state index in [1.807, 2.05) is 49.0 Å². The van der Waals surface area contributed by atoms with E-state index in [-0.39, 0.29) is 5.56 Å². The molecule has 4 nitrogen and oxygen atoms in total. The first kappa shape index (κ1) is 15.6. The highest BCUT2D eigenvalue weighted by Crippen LogP contribution is 2.10. The Morgan fingerprint density at radius 3 is 2.29 bits per heavy atom. The molecule has 0 spiro atoms. The molecule has 4 heteroatoms. The Morgan fingerprint density at radius 2 is 1.71 bits per heavy atom. The summed E-state index contributed by atoms with van der Waals surface area (Å²) in [6.45, 7) is 9.32. The van der Waals surface area contributed by atoms with Crippen molar-refractivity contribution in [3.63, 3.8) is 0 Å². The molecule has 0 fully saturated rings. The van der Waals surface area contributed by atoms with E-state index in [9.17, 15) is 4.79 Å². The molecule has 0 aliphatic carbocycles. The van der Waals surface area contributed by atoms with Crippen molar-refractivity contribution in [1.82, 2.24) is 14.3 Å². The largest absolute Gasteiger partial charge is 0.304 e. The number of likely N-dealkylation sites (N-methyl/N-ethyl adjacent to an activating group) is 1. The van der Waals surface area contributed by atoms with Crippen molar-refractivity contribution in [3.05, 3.63) is 51.9 Å². The maximum absolute atomic E-state index is 12.7. The fourth-order valence-corrected chi connectivity index (χ4v) is 2.72. The quantitative estimate of drug-likeness (QED) is 0.816. The third kappa shape index (κ3) is 3.10. The molecule has 0 unspecified atom stereocenters. The maximum atomic E-state index is 12.7. The van der Waals surface area contributed by atoms with Gasteiger partial charge in [-0.05, 0) is 38.6 Å². The highest BCUT2D eigenvalue weighted by atomic mass is 16.1. The summed E-state index contributed by atoms with van der Waals surface area (Å²) in [5, 5.41) is 0. The van der Waals surface area contributed by atoms with Gasteiger partial charge in [0.15, 0.2) is 0 Å². The van der Waals surface area contributed by atoms with E-state index in [0.717, 1.165) is 43.0 Å². The average Bonchev–Trinajstić information content (AvgIpc) is 2.72. The van der Waals surface area contributed by atoms with Gasteiger partial charge < -0.3 is 4.90 Å². The van der Waals surface area contributed by atoms with Crippen molar-refractivity contribution >= 4 is 0 Å². The topological polar surface area (TPSA) is 30.2 Å². The molecule has 2 rings (SSSR count). The molecule has 1 heterocycles. The van der Waals surface area contributed by atoms with E-state index in [2.05, 4.69) is 18.7 Å². The number of aromatic nitrogens is 2. The van der Waals surface area contributed by atoms with Crippen LogP contribution in [0.3, 0.4) is 0 Å². The van der Waals surface area contributed by atoms with Crippen LogP contribution < -0.4 is 5.56 Å². The predicted molar refractivity (Wildman–Crippen MR) is 87.2 cm³/mol. The molecule has 0 radical (unpaired) electrons. The van der Waals surface area contributed by atoms with Crippen molar-refractivity contribution in [3.8, 4) is 5.69 Å². The van der Waals surface area contributed by atoms with Gasteiger partial charge in [-0.2, -0.15) is 0 Å². The van der Waals surface area contributed by atoms with Crippen molar-refractivity contribution < 1.29 is 0 Å². The Balaban J connectivity index is 2.35. The van der Waals surface area contributed by atoms with Gasteiger partial charge in [-0.15, -0.1) is 0 Å². The van der Waals surface area contributed by atoms with Gasteiger partial charge in [-0.1, -0.05) is 32.0 Å². The van der Waals surface area contributed by atoms with E-state index in [1.165, 1.54) is 0 Å². The molecule has 0 N–H and O–H groups in total. The van der Waals surface area contributed by atoms with Crippen LogP contribution >= 0.6 is 0 Å². The van der Waals surface area contributed by atoms with Crippen molar-refractivity contribution in [1.29, 1.82) is 0 Å². The number of nitrogens with zero attached hydrogens (tertiary/aromatic N) is 3. The third-order valence-electron chi connectivity index (χ3n) is 4.25. The lowest BCUT2D eigenvalue weighted by Crippen LogP contribution is -2.27. The Hall–Kier alpha value is -1.81. The van der Waals surface area contributed by atoms with Crippen molar-refractivity contribution in [2.75, 3.05) is 19.6 Å². The van der Waals surface area contributed by atoms with Crippen LogP contribution in [0.4, 0.5) is 0 Å². The second-order valence-electron chi connectivity index (χ2n) is 5.32. The van der Waals surface area contributed by atoms with Crippen LogP contribution in [0.2, 0.25) is 0 Å². The highest BCUT2D eigenvalue weighted by Gasteiger charge is 2.16. The fourth-order valence-electron chi connectivity index (χ4n) is 2.72. The average molecular weight is 287 g/mol. The van der Waals surface area contributed by atoms with Gasteiger partial charge in [-0.25, -0.2) is 4.68 Å². The summed E-state index contributed by atoms with van der Waals surface area (Å²) in [5.74, 6) is 0. The van der Waals surface area contributed by atoms with E-state index in [1.54, 1.807) is 4.68 Å². The molecule has 0 saturated carbocycles.